The SMILES string of the molecule is O=C(O)CCC/C=C/CC1C2CCC(C2)C1NS(=O)(=O)/C=C/c1cccc(C(F)(F)F)c1. The van der Waals surface area contributed by atoms with Crippen molar-refractivity contribution >= 4 is 22.1 Å². The summed E-state index contributed by atoms with van der Waals surface area (Å²) in [6.07, 6.45) is 5.75. The molecule has 2 aliphatic rings. The molecule has 2 saturated carbocycles. The first-order chi connectivity index (χ1) is 15.0. The van der Waals surface area contributed by atoms with Crippen molar-refractivity contribution in [1.29, 1.82) is 0 Å². The zero-order chi connectivity index (χ0) is 23.4. The summed E-state index contributed by atoms with van der Waals surface area (Å²) in [5.74, 6) is 0.0614. The molecule has 2 fully saturated rings. The standard InChI is InChI=1S/C23H28F3NO4S/c24-23(25,26)19-7-5-6-16(14-19)12-13-32(30,31)27-22-18-11-10-17(15-18)20(22)8-3-1-2-4-9-21(28)29/h1,3,5-7,12-14,17-18,20,22,27H,2,4,8-11,15H2,(H,28,29)/b3-1+,13-12+. The summed E-state index contributed by atoms with van der Waals surface area (Å²) in [6, 6.07) is 4.34. The Labute approximate surface area is 186 Å². The molecule has 0 spiro atoms. The maximum absolute atomic E-state index is 12.9. The molecule has 4 atom stereocenters. The highest BCUT2D eigenvalue weighted by atomic mass is 32.2. The Morgan fingerprint density at radius 2 is 1.94 bits per heavy atom. The van der Waals surface area contributed by atoms with Crippen LogP contribution in [0.15, 0.2) is 41.8 Å². The van der Waals surface area contributed by atoms with Crippen LogP contribution in [0.2, 0.25) is 0 Å². The van der Waals surface area contributed by atoms with Crippen LogP contribution in [0.1, 0.15) is 56.1 Å². The van der Waals surface area contributed by atoms with E-state index in [2.05, 4.69) is 4.72 Å². The van der Waals surface area contributed by atoms with Gasteiger partial charge in [0, 0.05) is 17.9 Å². The monoisotopic (exact) mass is 471 g/mol. The molecule has 0 aliphatic heterocycles. The molecule has 0 aromatic heterocycles. The fraction of sp³-hybridized carbons (Fsp3) is 0.522. The first-order valence-corrected chi connectivity index (χ1v) is 12.3. The minimum atomic E-state index is -4.49. The third-order valence-corrected chi connectivity index (χ3v) is 7.47. The highest BCUT2D eigenvalue weighted by Crippen LogP contribution is 2.50. The Bertz CT molecular complexity index is 972. The van der Waals surface area contributed by atoms with Crippen molar-refractivity contribution in [1.82, 2.24) is 4.72 Å². The molecule has 2 N–H and O–H groups in total. The Kier molecular flexibility index (Phi) is 7.82. The Balaban J connectivity index is 1.62. The number of aliphatic carboxylic acids is 1. The van der Waals surface area contributed by atoms with Gasteiger partial charge >= 0.3 is 12.1 Å². The maximum atomic E-state index is 12.9. The van der Waals surface area contributed by atoms with E-state index in [0.29, 0.717) is 18.8 Å². The van der Waals surface area contributed by atoms with Crippen molar-refractivity contribution < 1.29 is 31.5 Å². The number of hydrogen-bond donors (Lipinski definition) is 2. The fourth-order valence-corrected chi connectivity index (χ4v) is 6.05. The zero-order valence-corrected chi connectivity index (χ0v) is 18.4. The number of allylic oxidation sites excluding steroid dienone is 2. The van der Waals surface area contributed by atoms with Gasteiger partial charge in [-0.2, -0.15) is 13.2 Å². The lowest BCUT2D eigenvalue weighted by Gasteiger charge is -2.30. The second kappa shape index (κ2) is 10.2. The number of alkyl halides is 3. The van der Waals surface area contributed by atoms with Gasteiger partial charge in [0.05, 0.1) is 5.56 Å². The highest BCUT2D eigenvalue weighted by Gasteiger charge is 2.47. The van der Waals surface area contributed by atoms with Crippen LogP contribution >= 0.6 is 0 Å². The molecule has 4 unspecified atom stereocenters. The Morgan fingerprint density at radius 3 is 2.66 bits per heavy atom. The number of carbonyl (C=O) groups is 1. The van der Waals surface area contributed by atoms with Gasteiger partial charge < -0.3 is 5.11 Å². The molecule has 0 amide bonds. The molecule has 1 aromatic rings. The van der Waals surface area contributed by atoms with Crippen molar-refractivity contribution in [2.75, 3.05) is 0 Å². The molecule has 176 valence electrons. The first-order valence-electron chi connectivity index (χ1n) is 10.8. The van der Waals surface area contributed by atoms with E-state index in [1.165, 1.54) is 18.2 Å². The van der Waals surface area contributed by atoms with Gasteiger partial charge in [-0.3, -0.25) is 4.79 Å². The predicted octanol–water partition coefficient (Wildman–Crippen LogP) is 5.21. The fourth-order valence-electron chi connectivity index (χ4n) is 4.89. The van der Waals surface area contributed by atoms with E-state index in [9.17, 15) is 26.4 Å². The van der Waals surface area contributed by atoms with Gasteiger partial charge in [0.2, 0.25) is 10.0 Å². The van der Waals surface area contributed by atoms with E-state index >= 15 is 0 Å². The number of sulfonamides is 1. The lowest BCUT2D eigenvalue weighted by atomic mass is 9.83. The van der Waals surface area contributed by atoms with E-state index in [1.54, 1.807) is 0 Å². The van der Waals surface area contributed by atoms with E-state index in [-0.39, 0.29) is 29.9 Å². The van der Waals surface area contributed by atoms with Crippen molar-refractivity contribution in [3.63, 3.8) is 0 Å². The van der Waals surface area contributed by atoms with E-state index in [4.69, 9.17) is 5.11 Å². The summed E-state index contributed by atoms with van der Waals surface area (Å²) >= 11 is 0. The van der Waals surface area contributed by atoms with Crippen LogP contribution in [-0.2, 0) is 21.0 Å². The van der Waals surface area contributed by atoms with Crippen molar-refractivity contribution in [2.24, 2.45) is 17.8 Å². The molecule has 3 rings (SSSR count). The molecular formula is C23H28F3NO4S. The van der Waals surface area contributed by atoms with Crippen LogP contribution in [0.5, 0.6) is 0 Å². The molecule has 2 bridgehead atoms. The number of halogens is 3. The Hall–Kier alpha value is -2.13. The summed E-state index contributed by atoms with van der Waals surface area (Å²) in [4.78, 5) is 10.6. The average Bonchev–Trinajstić information content (AvgIpc) is 3.31. The number of fused-ring (bicyclic) bond motifs is 2. The quantitative estimate of drug-likeness (QED) is 0.362. The van der Waals surface area contributed by atoms with Crippen molar-refractivity contribution in [3.05, 3.63) is 53.0 Å². The highest BCUT2D eigenvalue weighted by molar-refractivity contribution is 7.92. The molecule has 2 aliphatic carbocycles. The van der Waals surface area contributed by atoms with Gasteiger partial charge in [-0.05, 0) is 80.1 Å². The topological polar surface area (TPSA) is 83.5 Å². The van der Waals surface area contributed by atoms with Crippen LogP contribution in [0.4, 0.5) is 13.2 Å². The first kappa shape index (κ1) is 24.5. The van der Waals surface area contributed by atoms with Crippen LogP contribution in [0, 0.1) is 17.8 Å². The summed E-state index contributed by atoms with van der Waals surface area (Å²) in [5, 5.41) is 9.62. The number of rotatable bonds is 10. The van der Waals surface area contributed by atoms with E-state index in [1.807, 2.05) is 12.2 Å². The molecule has 1 aromatic carbocycles. The molecule has 0 radical (unpaired) electrons. The van der Waals surface area contributed by atoms with E-state index < -0.39 is 27.7 Å². The maximum Gasteiger partial charge on any atom is 0.416 e. The average molecular weight is 472 g/mol. The van der Waals surface area contributed by atoms with E-state index in [0.717, 1.165) is 43.2 Å². The molecule has 0 saturated heterocycles. The molecule has 9 heteroatoms. The predicted molar refractivity (Wildman–Crippen MR) is 116 cm³/mol. The third-order valence-electron chi connectivity index (χ3n) is 6.38. The lowest BCUT2D eigenvalue weighted by molar-refractivity contribution is -0.138. The van der Waals surface area contributed by atoms with Gasteiger partial charge in [-0.15, -0.1) is 0 Å². The Morgan fingerprint density at radius 1 is 1.19 bits per heavy atom. The van der Waals surface area contributed by atoms with Crippen LogP contribution < -0.4 is 4.72 Å². The van der Waals surface area contributed by atoms with Crippen molar-refractivity contribution in [3.8, 4) is 0 Å². The minimum absolute atomic E-state index is 0.124. The normalized spacial score (nSPS) is 25.8. The van der Waals surface area contributed by atoms with Crippen LogP contribution in [0.3, 0.4) is 0 Å². The number of carboxylic acid groups (broad SMARTS) is 1. The van der Waals surface area contributed by atoms with Gasteiger partial charge in [-0.25, -0.2) is 13.1 Å². The molecular weight excluding hydrogens is 443 g/mol. The van der Waals surface area contributed by atoms with Gasteiger partial charge in [-0.1, -0.05) is 24.3 Å². The number of carboxylic acids is 1. The molecule has 32 heavy (non-hydrogen) atoms. The van der Waals surface area contributed by atoms with Gasteiger partial charge in [0.25, 0.3) is 0 Å². The summed E-state index contributed by atoms with van der Waals surface area (Å²) in [7, 11) is -3.82. The number of unbranched alkanes of at least 4 members (excludes halogenated alkanes) is 1. The second-order valence-corrected chi connectivity index (χ2v) is 10.2. The largest absolute Gasteiger partial charge is 0.481 e. The number of nitrogens with one attached hydrogen (secondary N) is 1. The second-order valence-electron chi connectivity index (χ2n) is 8.60. The summed E-state index contributed by atoms with van der Waals surface area (Å²) < 4.78 is 66.7. The number of hydrogen-bond acceptors (Lipinski definition) is 3. The van der Waals surface area contributed by atoms with Crippen LogP contribution in [0.25, 0.3) is 6.08 Å². The van der Waals surface area contributed by atoms with Crippen molar-refractivity contribution in [2.45, 2.75) is 57.2 Å². The summed E-state index contributed by atoms with van der Waals surface area (Å²) in [6.45, 7) is 0. The lowest BCUT2D eigenvalue weighted by Crippen LogP contribution is -2.43. The minimum Gasteiger partial charge on any atom is -0.481 e. The molecule has 0 heterocycles. The van der Waals surface area contributed by atoms with Crippen LogP contribution in [-0.4, -0.2) is 25.5 Å². The molecule has 5 nitrogen and oxygen atoms in total. The summed E-state index contributed by atoms with van der Waals surface area (Å²) in [5.41, 5.74) is -0.660. The zero-order valence-electron chi connectivity index (χ0n) is 17.6. The van der Waals surface area contributed by atoms with Gasteiger partial charge in [0.15, 0.2) is 0 Å². The van der Waals surface area contributed by atoms with Gasteiger partial charge in [0.1, 0.15) is 0 Å². The number of benzene rings is 1. The smallest absolute Gasteiger partial charge is 0.416 e. The third kappa shape index (κ3) is 6.68.